The molecule has 0 atom stereocenters. The molecular formula is C17H17ClN2O4. The smallest absolute Gasteiger partial charge is 0.306 e. The van der Waals surface area contributed by atoms with E-state index in [0.717, 1.165) is 5.56 Å². The van der Waals surface area contributed by atoms with Crippen LogP contribution in [0.5, 0.6) is 0 Å². The predicted octanol–water partition coefficient (Wildman–Crippen LogP) is 2.86. The number of carbonyl (C=O) groups excluding carboxylic acids is 1. The van der Waals surface area contributed by atoms with E-state index in [0.29, 0.717) is 42.5 Å². The summed E-state index contributed by atoms with van der Waals surface area (Å²) in [4.78, 5) is 29.3. The van der Waals surface area contributed by atoms with E-state index in [1.807, 2.05) is 0 Å². The summed E-state index contributed by atoms with van der Waals surface area (Å²) in [7, 11) is 0. The van der Waals surface area contributed by atoms with E-state index in [-0.39, 0.29) is 18.2 Å². The summed E-state index contributed by atoms with van der Waals surface area (Å²) in [6.07, 6.45) is 2.62. The zero-order valence-corrected chi connectivity index (χ0v) is 13.7. The first kappa shape index (κ1) is 16.5. The van der Waals surface area contributed by atoms with Gasteiger partial charge in [0.15, 0.2) is 0 Å². The number of rotatable bonds is 4. The maximum absolute atomic E-state index is 12.3. The van der Waals surface area contributed by atoms with Crippen molar-refractivity contribution in [3.05, 3.63) is 41.2 Å². The fourth-order valence-corrected chi connectivity index (χ4v) is 2.88. The molecule has 0 aliphatic carbocycles. The number of benzene rings is 1. The van der Waals surface area contributed by atoms with Crippen molar-refractivity contribution in [2.75, 3.05) is 13.1 Å². The molecule has 1 aromatic carbocycles. The third-order valence-electron chi connectivity index (χ3n) is 4.17. The molecule has 24 heavy (non-hydrogen) atoms. The lowest BCUT2D eigenvalue weighted by atomic mass is 9.97. The van der Waals surface area contributed by atoms with Gasteiger partial charge < -0.3 is 14.4 Å². The van der Waals surface area contributed by atoms with Crippen molar-refractivity contribution in [2.24, 2.45) is 5.92 Å². The maximum atomic E-state index is 12.3. The number of amides is 1. The number of hydrogen-bond donors (Lipinski definition) is 1. The summed E-state index contributed by atoms with van der Waals surface area (Å²) >= 11 is 5.85. The Bertz CT molecular complexity index is 733. The first-order chi connectivity index (χ1) is 11.5. The van der Waals surface area contributed by atoms with Crippen molar-refractivity contribution >= 4 is 23.5 Å². The lowest BCUT2D eigenvalue weighted by Crippen LogP contribution is -2.41. The maximum Gasteiger partial charge on any atom is 0.306 e. The molecule has 1 N–H and O–H groups in total. The van der Waals surface area contributed by atoms with Crippen LogP contribution in [0, 0.1) is 5.92 Å². The Kier molecular flexibility index (Phi) is 4.85. The summed E-state index contributed by atoms with van der Waals surface area (Å²) in [5, 5.41) is 9.62. The minimum Gasteiger partial charge on any atom is -0.481 e. The number of carboxylic acid groups (broad SMARTS) is 1. The predicted molar refractivity (Wildman–Crippen MR) is 87.6 cm³/mol. The molecule has 1 amide bonds. The van der Waals surface area contributed by atoms with Crippen LogP contribution in [-0.4, -0.2) is 40.0 Å². The van der Waals surface area contributed by atoms with Crippen LogP contribution < -0.4 is 0 Å². The number of carboxylic acids is 1. The van der Waals surface area contributed by atoms with Gasteiger partial charge in [-0.3, -0.25) is 9.59 Å². The summed E-state index contributed by atoms with van der Waals surface area (Å²) in [5.74, 6) is -0.752. The molecule has 0 bridgehead atoms. The van der Waals surface area contributed by atoms with Crippen LogP contribution in [0.25, 0.3) is 11.5 Å². The highest BCUT2D eigenvalue weighted by atomic mass is 35.5. The van der Waals surface area contributed by atoms with E-state index in [4.69, 9.17) is 21.1 Å². The summed E-state index contributed by atoms with van der Waals surface area (Å²) in [5.41, 5.74) is 1.35. The fraction of sp³-hybridized carbons (Fsp3) is 0.353. The number of carbonyl (C=O) groups is 2. The highest BCUT2D eigenvalue weighted by molar-refractivity contribution is 6.30. The molecule has 1 aliphatic heterocycles. The fourth-order valence-electron chi connectivity index (χ4n) is 2.76. The van der Waals surface area contributed by atoms with Gasteiger partial charge in [-0.05, 0) is 37.1 Å². The van der Waals surface area contributed by atoms with Crippen LogP contribution in [-0.2, 0) is 16.0 Å². The number of oxazole rings is 1. The summed E-state index contributed by atoms with van der Waals surface area (Å²) in [6, 6.07) is 7.10. The number of hydrogen-bond acceptors (Lipinski definition) is 4. The van der Waals surface area contributed by atoms with E-state index in [1.165, 1.54) is 6.26 Å². The number of nitrogens with zero attached hydrogens (tertiary/aromatic N) is 2. The second-order valence-electron chi connectivity index (χ2n) is 5.82. The van der Waals surface area contributed by atoms with E-state index in [1.54, 1.807) is 29.2 Å². The topological polar surface area (TPSA) is 83.6 Å². The molecule has 7 heteroatoms. The molecule has 0 radical (unpaired) electrons. The van der Waals surface area contributed by atoms with Crippen molar-refractivity contribution in [3.8, 4) is 11.5 Å². The number of aliphatic carboxylic acids is 1. The number of likely N-dealkylation sites (tertiary alicyclic amines) is 1. The Morgan fingerprint density at radius 3 is 2.54 bits per heavy atom. The van der Waals surface area contributed by atoms with E-state index in [9.17, 15) is 9.59 Å². The lowest BCUT2D eigenvalue weighted by molar-refractivity contribution is -0.145. The minimum atomic E-state index is -0.786. The monoisotopic (exact) mass is 348 g/mol. The Labute approximate surface area is 144 Å². The Hall–Kier alpha value is -2.34. The molecule has 1 aliphatic rings. The van der Waals surface area contributed by atoms with Gasteiger partial charge in [-0.2, -0.15) is 0 Å². The minimum absolute atomic E-state index is 0.0604. The van der Waals surface area contributed by atoms with Gasteiger partial charge in [0.1, 0.15) is 6.26 Å². The number of halogens is 1. The second kappa shape index (κ2) is 7.05. The van der Waals surface area contributed by atoms with Gasteiger partial charge in [-0.1, -0.05) is 11.6 Å². The molecule has 1 fully saturated rings. The zero-order chi connectivity index (χ0) is 17.1. The number of piperidine rings is 1. The molecule has 0 unspecified atom stereocenters. The largest absolute Gasteiger partial charge is 0.481 e. The first-order valence-electron chi connectivity index (χ1n) is 7.74. The van der Waals surface area contributed by atoms with Crippen LogP contribution in [0.2, 0.25) is 5.02 Å². The van der Waals surface area contributed by atoms with Crippen LogP contribution in [0.4, 0.5) is 0 Å². The van der Waals surface area contributed by atoms with Gasteiger partial charge in [0.25, 0.3) is 0 Å². The molecular weight excluding hydrogens is 332 g/mol. The summed E-state index contributed by atoms with van der Waals surface area (Å²) < 4.78 is 5.42. The normalized spacial score (nSPS) is 15.5. The van der Waals surface area contributed by atoms with Gasteiger partial charge in [0.2, 0.25) is 11.8 Å². The van der Waals surface area contributed by atoms with Crippen molar-refractivity contribution < 1.29 is 19.1 Å². The van der Waals surface area contributed by atoms with Crippen molar-refractivity contribution in [3.63, 3.8) is 0 Å². The quantitative estimate of drug-likeness (QED) is 0.918. The molecule has 126 valence electrons. The average molecular weight is 349 g/mol. The molecule has 6 nitrogen and oxygen atoms in total. The highest BCUT2D eigenvalue weighted by Gasteiger charge is 2.27. The van der Waals surface area contributed by atoms with Gasteiger partial charge in [-0.15, -0.1) is 0 Å². The summed E-state index contributed by atoms with van der Waals surface area (Å²) in [6.45, 7) is 0.940. The second-order valence-corrected chi connectivity index (χ2v) is 6.26. The van der Waals surface area contributed by atoms with E-state index < -0.39 is 5.97 Å². The molecule has 3 rings (SSSR count). The van der Waals surface area contributed by atoms with Crippen LogP contribution >= 0.6 is 11.6 Å². The zero-order valence-electron chi connectivity index (χ0n) is 12.9. The van der Waals surface area contributed by atoms with Gasteiger partial charge in [-0.25, -0.2) is 4.98 Å². The molecule has 1 aromatic heterocycles. The van der Waals surface area contributed by atoms with Gasteiger partial charge >= 0.3 is 5.97 Å². The Morgan fingerprint density at radius 1 is 1.25 bits per heavy atom. The van der Waals surface area contributed by atoms with Crippen molar-refractivity contribution in [1.29, 1.82) is 0 Å². The van der Waals surface area contributed by atoms with Crippen LogP contribution in [0.3, 0.4) is 0 Å². The molecule has 1 saturated heterocycles. The molecule has 2 heterocycles. The third kappa shape index (κ3) is 3.76. The Balaban J connectivity index is 1.59. The molecule has 0 saturated carbocycles. The SMILES string of the molecule is O=C(O)C1CCN(C(=O)Cc2coc(-c3ccc(Cl)cc3)n2)CC1. The molecule has 2 aromatic rings. The first-order valence-corrected chi connectivity index (χ1v) is 8.11. The standard InChI is InChI=1S/C17H17ClN2O4/c18-13-3-1-11(2-4-13)16-19-14(10-24-16)9-15(21)20-7-5-12(6-8-20)17(22)23/h1-4,10,12H,5-9H2,(H,22,23). The number of aromatic nitrogens is 1. The third-order valence-corrected chi connectivity index (χ3v) is 4.42. The van der Waals surface area contributed by atoms with Gasteiger partial charge in [0, 0.05) is 23.7 Å². The Morgan fingerprint density at radius 2 is 1.92 bits per heavy atom. The van der Waals surface area contributed by atoms with Crippen molar-refractivity contribution in [1.82, 2.24) is 9.88 Å². The van der Waals surface area contributed by atoms with E-state index in [2.05, 4.69) is 4.98 Å². The lowest BCUT2D eigenvalue weighted by Gasteiger charge is -2.29. The van der Waals surface area contributed by atoms with Gasteiger partial charge in [0.05, 0.1) is 18.0 Å². The van der Waals surface area contributed by atoms with E-state index >= 15 is 0 Å². The molecule has 0 spiro atoms. The van der Waals surface area contributed by atoms with Crippen molar-refractivity contribution in [2.45, 2.75) is 19.3 Å². The van der Waals surface area contributed by atoms with Crippen LogP contribution in [0.15, 0.2) is 34.9 Å². The highest BCUT2D eigenvalue weighted by Crippen LogP contribution is 2.22. The average Bonchev–Trinajstić information content (AvgIpc) is 3.04. The van der Waals surface area contributed by atoms with Crippen LogP contribution in [0.1, 0.15) is 18.5 Å².